The molecule has 2 aromatic carbocycles. The van der Waals surface area contributed by atoms with E-state index in [2.05, 4.69) is 28.2 Å². The summed E-state index contributed by atoms with van der Waals surface area (Å²) in [7, 11) is 0. The summed E-state index contributed by atoms with van der Waals surface area (Å²) in [4.78, 5) is 27.9. The van der Waals surface area contributed by atoms with E-state index in [1.165, 1.54) is 12.0 Å². The molecule has 2 aromatic rings. The fourth-order valence-corrected chi connectivity index (χ4v) is 4.78. The molecule has 1 atom stereocenters. The first kappa shape index (κ1) is 25.3. The van der Waals surface area contributed by atoms with Crippen LogP contribution in [0.2, 0.25) is 0 Å². The summed E-state index contributed by atoms with van der Waals surface area (Å²) >= 11 is 3.53. The number of benzene rings is 2. The quantitative estimate of drug-likeness (QED) is 0.467. The Balaban J connectivity index is 1.66. The van der Waals surface area contributed by atoms with Crippen LogP contribution in [0.25, 0.3) is 0 Å². The molecule has 1 N–H and O–H groups in total. The fourth-order valence-electron chi connectivity index (χ4n) is 4.24. The Morgan fingerprint density at radius 1 is 1.09 bits per heavy atom. The van der Waals surface area contributed by atoms with Crippen molar-refractivity contribution in [2.45, 2.75) is 70.9 Å². The molecular weight excluding hydrogens is 480 g/mol. The lowest BCUT2D eigenvalue weighted by Crippen LogP contribution is -2.52. The molecule has 1 aliphatic rings. The number of nitrogens with zero attached hydrogens (tertiary/aromatic N) is 1. The van der Waals surface area contributed by atoms with Crippen LogP contribution in [-0.2, 0) is 22.4 Å². The standard InChI is InChI=1S/C27H35BrN2O3/c1-3-21-14-15-25(24(28)18-21)33-19-26(31)30(17-16-22-10-6-4-7-11-22)20(2)27(32)29-23-12-8-5-9-13-23/h4,6-7,10-11,14-15,18,20,23H,3,5,8-9,12-13,16-17,19H2,1-2H3,(H,29,32). The molecule has 1 fully saturated rings. The van der Waals surface area contributed by atoms with Crippen LogP contribution in [-0.4, -0.2) is 41.9 Å². The first-order chi connectivity index (χ1) is 16.0. The second kappa shape index (κ2) is 12.8. The number of ether oxygens (including phenoxy) is 1. The topological polar surface area (TPSA) is 58.6 Å². The van der Waals surface area contributed by atoms with Crippen LogP contribution in [0.1, 0.15) is 57.1 Å². The van der Waals surface area contributed by atoms with Crippen molar-refractivity contribution in [1.82, 2.24) is 10.2 Å². The van der Waals surface area contributed by atoms with Gasteiger partial charge in [0.05, 0.1) is 4.47 Å². The van der Waals surface area contributed by atoms with Crippen molar-refractivity contribution in [2.75, 3.05) is 13.2 Å². The molecule has 0 spiro atoms. The summed E-state index contributed by atoms with van der Waals surface area (Å²) in [5.41, 5.74) is 2.33. The average Bonchev–Trinajstić information content (AvgIpc) is 2.84. The number of amides is 2. The van der Waals surface area contributed by atoms with Gasteiger partial charge in [-0.3, -0.25) is 9.59 Å². The van der Waals surface area contributed by atoms with Gasteiger partial charge in [-0.05, 0) is 71.8 Å². The van der Waals surface area contributed by atoms with Gasteiger partial charge < -0.3 is 15.0 Å². The van der Waals surface area contributed by atoms with E-state index in [1.807, 2.05) is 55.5 Å². The van der Waals surface area contributed by atoms with Crippen LogP contribution in [0.15, 0.2) is 53.0 Å². The molecule has 5 nitrogen and oxygen atoms in total. The van der Waals surface area contributed by atoms with Crippen LogP contribution >= 0.6 is 15.9 Å². The fraction of sp³-hybridized carbons (Fsp3) is 0.481. The van der Waals surface area contributed by atoms with E-state index in [0.717, 1.165) is 42.1 Å². The molecule has 0 saturated heterocycles. The van der Waals surface area contributed by atoms with E-state index >= 15 is 0 Å². The molecular formula is C27H35BrN2O3. The normalized spacial score (nSPS) is 15.0. The van der Waals surface area contributed by atoms with Crippen LogP contribution in [0.4, 0.5) is 0 Å². The molecule has 0 aromatic heterocycles. The van der Waals surface area contributed by atoms with Crippen molar-refractivity contribution in [3.05, 3.63) is 64.1 Å². The first-order valence-electron chi connectivity index (χ1n) is 12.0. The molecule has 178 valence electrons. The number of hydrogen-bond donors (Lipinski definition) is 1. The lowest BCUT2D eigenvalue weighted by molar-refractivity contribution is -0.141. The summed E-state index contributed by atoms with van der Waals surface area (Å²) in [6, 6.07) is 15.6. The minimum absolute atomic E-state index is 0.0863. The van der Waals surface area contributed by atoms with Gasteiger partial charge >= 0.3 is 0 Å². The van der Waals surface area contributed by atoms with Crippen molar-refractivity contribution < 1.29 is 14.3 Å². The van der Waals surface area contributed by atoms with Gasteiger partial charge in [0.15, 0.2) is 6.61 Å². The van der Waals surface area contributed by atoms with Crippen molar-refractivity contribution in [1.29, 1.82) is 0 Å². The molecule has 6 heteroatoms. The molecule has 0 radical (unpaired) electrons. The Morgan fingerprint density at radius 2 is 1.82 bits per heavy atom. The molecule has 0 aliphatic heterocycles. The average molecular weight is 515 g/mol. The van der Waals surface area contributed by atoms with E-state index in [0.29, 0.717) is 18.7 Å². The summed E-state index contributed by atoms with van der Waals surface area (Å²) in [6.07, 6.45) is 7.17. The minimum Gasteiger partial charge on any atom is -0.483 e. The highest BCUT2D eigenvalue weighted by Crippen LogP contribution is 2.26. The Bertz CT molecular complexity index is 913. The molecule has 0 bridgehead atoms. The predicted molar refractivity (Wildman–Crippen MR) is 135 cm³/mol. The smallest absolute Gasteiger partial charge is 0.261 e. The van der Waals surface area contributed by atoms with Gasteiger partial charge in [0.25, 0.3) is 5.91 Å². The van der Waals surface area contributed by atoms with Crippen LogP contribution in [0.5, 0.6) is 5.75 Å². The Hall–Kier alpha value is -2.34. The van der Waals surface area contributed by atoms with Gasteiger partial charge in [-0.15, -0.1) is 0 Å². The third kappa shape index (κ3) is 7.60. The highest BCUT2D eigenvalue weighted by Gasteiger charge is 2.28. The summed E-state index contributed by atoms with van der Waals surface area (Å²) in [5, 5.41) is 3.17. The third-order valence-corrected chi connectivity index (χ3v) is 6.98. The van der Waals surface area contributed by atoms with Crippen LogP contribution in [0, 0.1) is 0 Å². The Morgan fingerprint density at radius 3 is 2.48 bits per heavy atom. The Labute approximate surface area is 206 Å². The largest absolute Gasteiger partial charge is 0.483 e. The van der Waals surface area contributed by atoms with E-state index in [9.17, 15) is 9.59 Å². The second-order valence-corrected chi connectivity index (χ2v) is 9.60. The van der Waals surface area contributed by atoms with Crippen molar-refractivity contribution >= 4 is 27.7 Å². The van der Waals surface area contributed by atoms with Gasteiger partial charge in [-0.2, -0.15) is 0 Å². The maximum absolute atomic E-state index is 13.2. The lowest BCUT2D eigenvalue weighted by Gasteiger charge is -2.31. The van der Waals surface area contributed by atoms with E-state index < -0.39 is 6.04 Å². The van der Waals surface area contributed by atoms with Gasteiger partial charge in [-0.25, -0.2) is 0 Å². The van der Waals surface area contributed by atoms with Gasteiger partial charge in [0.1, 0.15) is 11.8 Å². The predicted octanol–water partition coefficient (Wildman–Crippen LogP) is 5.30. The number of nitrogens with one attached hydrogen (secondary N) is 1. The molecule has 33 heavy (non-hydrogen) atoms. The van der Waals surface area contributed by atoms with Crippen molar-refractivity contribution in [3.8, 4) is 5.75 Å². The maximum atomic E-state index is 13.2. The highest BCUT2D eigenvalue weighted by atomic mass is 79.9. The van der Waals surface area contributed by atoms with E-state index in [4.69, 9.17) is 4.74 Å². The number of hydrogen-bond acceptors (Lipinski definition) is 3. The zero-order valence-corrected chi connectivity index (χ0v) is 21.3. The van der Waals surface area contributed by atoms with E-state index in [-0.39, 0.29) is 24.5 Å². The number of carbonyl (C=O) groups excluding carboxylic acids is 2. The molecule has 1 saturated carbocycles. The minimum atomic E-state index is -0.558. The monoisotopic (exact) mass is 514 g/mol. The van der Waals surface area contributed by atoms with Gasteiger partial charge in [0.2, 0.25) is 5.91 Å². The maximum Gasteiger partial charge on any atom is 0.261 e. The first-order valence-corrected chi connectivity index (χ1v) is 12.8. The van der Waals surface area contributed by atoms with Crippen LogP contribution < -0.4 is 10.1 Å². The van der Waals surface area contributed by atoms with Crippen molar-refractivity contribution in [3.63, 3.8) is 0 Å². The van der Waals surface area contributed by atoms with E-state index in [1.54, 1.807) is 4.90 Å². The molecule has 3 rings (SSSR count). The third-order valence-electron chi connectivity index (χ3n) is 6.36. The summed E-state index contributed by atoms with van der Waals surface area (Å²) in [6.45, 7) is 4.25. The SMILES string of the molecule is CCc1ccc(OCC(=O)N(CCc2ccccc2)C(C)C(=O)NC2CCCCC2)c(Br)c1. The summed E-state index contributed by atoms with van der Waals surface area (Å²) in [5.74, 6) is 0.350. The lowest BCUT2D eigenvalue weighted by atomic mass is 9.95. The van der Waals surface area contributed by atoms with Crippen molar-refractivity contribution in [2.24, 2.45) is 0 Å². The zero-order chi connectivity index (χ0) is 23.6. The zero-order valence-electron chi connectivity index (χ0n) is 19.7. The summed E-state index contributed by atoms with van der Waals surface area (Å²) < 4.78 is 6.67. The number of carbonyl (C=O) groups is 2. The second-order valence-electron chi connectivity index (χ2n) is 8.75. The molecule has 1 unspecified atom stereocenters. The molecule has 2 amide bonds. The van der Waals surface area contributed by atoms with Crippen LogP contribution in [0.3, 0.4) is 0 Å². The molecule has 0 heterocycles. The number of rotatable bonds is 10. The Kier molecular flexibility index (Phi) is 9.79. The van der Waals surface area contributed by atoms with Gasteiger partial charge in [-0.1, -0.05) is 62.6 Å². The molecule has 1 aliphatic carbocycles. The highest BCUT2D eigenvalue weighted by molar-refractivity contribution is 9.10. The number of aryl methyl sites for hydroxylation is 1. The number of halogens is 1. The van der Waals surface area contributed by atoms with Gasteiger partial charge in [0, 0.05) is 12.6 Å².